The molecule has 0 saturated heterocycles. The molecule has 0 saturated carbocycles. The summed E-state index contributed by atoms with van der Waals surface area (Å²) in [6.45, 7) is 2.08. The molecule has 0 aliphatic carbocycles. The monoisotopic (exact) mass is 322 g/mol. The molecule has 4 aromatic rings. The van der Waals surface area contributed by atoms with Crippen molar-refractivity contribution in [3.63, 3.8) is 0 Å². The predicted molar refractivity (Wildman–Crippen MR) is 103 cm³/mol. The fraction of sp³-hybridized carbons (Fsp3) is 0.0833. The molecule has 0 unspecified atom stereocenters. The van der Waals surface area contributed by atoms with Crippen molar-refractivity contribution in [3.8, 4) is 23.2 Å². The summed E-state index contributed by atoms with van der Waals surface area (Å²) in [5.74, 6) is 7.49. The summed E-state index contributed by atoms with van der Waals surface area (Å²) in [6.07, 6.45) is 0.662. The van der Waals surface area contributed by atoms with Crippen LogP contribution >= 0.6 is 0 Å². The summed E-state index contributed by atoms with van der Waals surface area (Å²) in [5, 5.41) is 1.14. The highest BCUT2D eigenvalue weighted by molar-refractivity contribution is 5.88. The number of fused-ring (bicyclic) bond motifs is 1. The van der Waals surface area contributed by atoms with Crippen molar-refractivity contribution in [2.75, 3.05) is 0 Å². The zero-order valence-corrected chi connectivity index (χ0v) is 14.1. The van der Waals surface area contributed by atoms with E-state index in [1.54, 1.807) is 0 Å². The lowest BCUT2D eigenvalue weighted by Gasteiger charge is -1.99. The Kier molecular flexibility index (Phi) is 4.11. The Hall–Kier alpha value is -3.24. The van der Waals surface area contributed by atoms with Crippen molar-refractivity contribution >= 4 is 11.0 Å². The van der Waals surface area contributed by atoms with Crippen molar-refractivity contribution in [1.82, 2.24) is 0 Å². The molecule has 120 valence electrons. The van der Waals surface area contributed by atoms with Crippen LogP contribution in [0, 0.1) is 18.8 Å². The molecule has 0 N–H and O–H groups in total. The second kappa shape index (κ2) is 6.71. The average molecular weight is 322 g/mol. The van der Waals surface area contributed by atoms with Gasteiger partial charge >= 0.3 is 0 Å². The molecule has 0 amide bonds. The van der Waals surface area contributed by atoms with Gasteiger partial charge in [-0.25, -0.2) is 0 Å². The minimum absolute atomic E-state index is 0.662. The molecule has 4 rings (SSSR count). The highest BCUT2D eigenvalue weighted by Crippen LogP contribution is 2.33. The topological polar surface area (TPSA) is 13.1 Å². The molecule has 0 atom stereocenters. The summed E-state index contributed by atoms with van der Waals surface area (Å²) in [5.41, 5.74) is 5.44. The molecule has 1 nitrogen and oxygen atoms in total. The van der Waals surface area contributed by atoms with E-state index in [0.717, 1.165) is 33.4 Å². The zero-order chi connectivity index (χ0) is 17.1. The van der Waals surface area contributed by atoms with Gasteiger partial charge in [-0.1, -0.05) is 78.1 Å². The molecule has 0 spiro atoms. The van der Waals surface area contributed by atoms with E-state index in [4.69, 9.17) is 4.42 Å². The first-order valence-corrected chi connectivity index (χ1v) is 8.42. The number of hydrogen-bond acceptors (Lipinski definition) is 1. The second-order valence-electron chi connectivity index (χ2n) is 6.12. The van der Waals surface area contributed by atoms with Gasteiger partial charge in [0.15, 0.2) is 0 Å². The maximum absolute atomic E-state index is 6.14. The Labute approximate surface area is 147 Å². The number of rotatable bonds is 2. The van der Waals surface area contributed by atoms with Crippen molar-refractivity contribution in [1.29, 1.82) is 0 Å². The summed E-state index contributed by atoms with van der Waals surface area (Å²) >= 11 is 0. The van der Waals surface area contributed by atoms with Crippen LogP contribution < -0.4 is 0 Å². The number of para-hydroxylation sites is 1. The van der Waals surface area contributed by atoms with Gasteiger partial charge in [-0.3, -0.25) is 0 Å². The van der Waals surface area contributed by atoms with Crippen molar-refractivity contribution in [2.45, 2.75) is 13.3 Å². The van der Waals surface area contributed by atoms with Crippen LogP contribution in [0.15, 0.2) is 83.3 Å². The van der Waals surface area contributed by atoms with E-state index < -0.39 is 0 Å². The Balaban J connectivity index is 1.74. The first kappa shape index (κ1) is 15.3. The van der Waals surface area contributed by atoms with Crippen molar-refractivity contribution in [2.24, 2.45) is 0 Å². The van der Waals surface area contributed by atoms with Gasteiger partial charge in [-0.15, -0.1) is 0 Å². The van der Waals surface area contributed by atoms with Crippen molar-refractivity contribution in [3.05, 3.63) is 95.6 Å². The molecule has 0 aliphatic rings. The maximum Gasteiger partial charge on any atom is 0.139 e. The standard InChI is InChI=1S/C24H18O/c1-18-14-16-19(17-15-18)8-7-12-22-21-11-5-6-13-23(21)25-24(22)20-9-3-2-4-10-20/h2-6,9-11,13-17H,12H2,1H3. The average Bonchev–Trinajstić information content (AvgIpc) is 3.03. The highest BCUT2D eigenvalue weighted by Gasteiger charge is 2.14. The van der Waals surface area contributed by atoms with Crippen LogP contribution in [0.4, 0.5) is 0 Å². The van der Waals surface area contributed by atoms with Gasteiger partial charge in [-0.05, 0) is 25.1 Å². The fourth-order valence-electron chi connectivity index (χ4n) is 2.97. The molecular formula is C24H18O. The minimum Gasteiger partial charge on any atom is -0.456 e. The van der Waals surface area contributed by atoms with E-state index in [2.05, 4.69) is 61.2 Å². The lowest BCUT2D eigenvalue weighted by Crippen LogP contribution is -1.85. The molecule has 3 aromatic carbocycles. The first-order chi connectivity index (χ1) is 12.3. The van der Waals surface area contributed by atoms with Gasteiger partial charge in [0, 0.05) is 28.5 Å². The molecule has 0 aliphatic heterocycles. The third-order valence-corrected chi connectivity index (χ3v) is 4.28. The van der Waals surface area contributed by atoms with E-state index in [1.807, 2.05) is 36.4 Å². The fourth-order valence-corrected chi connectivity index (χ4v) is 2.97. The predicted octanol–water partition coefficient (Wildman–Crippen LogP) is 6.00. The molecule has 1 heteroatoms. The van der Waals surface area contributed by atoms with E-state index in [0.29, 0.717) is 6.42 Å². The lowest BCUT2D eigenvalue weighted by atomic mass is 10.0. The van der Waals surface area contributed by atoms with Crippen LogP contribution in [0.5, 0.6) is 0 Å². The summed E-state index contributed by atoms with van der Waals surface area (Å²) < 4.78 is 6.14. The Bertz CT molecular complexity index is 1060. The Morgan fingerprint density at radius 2 is 1.52 bits per heavy atom. The highest BCUT2D eigenvalue weighted by atomic mass is 16.3. The Morgan fingerprint density at radius 1 is 0.800 bits per heavy atom. The van der Waals surface area contributed by atoms with Gasteiger partial charge < -0.3 is 4.42 Å². The van der Waals surface area contributed by atoms with Gasteiger partial charge in [0.1, 0.15) is 11.3 Å². The third kappa shape index (κ3) is 3.20. The lowest BCUT2D eigenvalue weighted by molar-refractivity contribution is 0.628. The summed E-state index contributed by atoms with van der Waals surface area (Å²) in [4.78, 5) is 0. The van der Waals surface area contributed by atoms with E-state index in [-0.39, 0.29) is 0 Å². The molecule has 0 bridgehead atoms. The number of benzene rings is 3. The zero-order valence-electron chi connectivity index (χ0n) is 14.1. The maximum atomic E-state index is 6.14. The molecule has 25 heavy (non-hydrogen) atoms. The summed E-state index contributed by atoms with van der Waals surface area (Å²) in [7, 11) is 0. The number of aryl methyl sites for hydroxylation is 1. The van der Waals surface area contributed by atoms with Crippen LogP contribution in [0.2, 0.25) is 0 Å². The van der Waals surface area contributed by atoms with E-state index in [1.165, 1.54) is 5.56 Å². The Morgan fingerprint density at radius 3 is 2.32 bits per heavy atom. The minimum atomic E-state index is 0.662. The smallest absolute Gasteiger partial charge is 0.139 e. The third-order valence-electron chi connectivity index (χ3n) is 4.28. The second-order valence-corrected chi connectivity index (χ2v) is 6.12. The van der Waals surface area contributed by atoms with Gasteiger partial charge in [0.2, 0.25) is 0 Å². The molecule has 1 heterocycles. The van der Waals surface area contributed by atoms with Gasteiger partial charge in [0.05, 0.1) is 0 Å². The number of furan rings is 1. The van der Waals surface area contributed by atoms with Gasteiger partial charge in [-0.2, -0.15) is 0 Å². The molecule has 0 fully saturated rings. The molecular weight excluding hydrogens is 304 g/mol. The van der Waals surface area contributed by atoms with Crippen LogP contribution in [0.25, 0.3) is 22.3 Å². The van der Waals surface area contributed by atoms with Crippen molar-refractivity contribution < 1.29 is 4.42 Å². The first-order valence-electron chi connectivity index (χ1n) is 8.42. The van der Waals surface area contributed by atoms with Crippen LogP contribution in [0.1, 0.15) is 16.7 Å². The van der Waals surface area contributed by atoms with E-state index in [9.17, 15) is 0 Å². The number of hydrogen-bond donors (Lipinski definition) is 0. The molecule has 1 aromatic heterocycles. The quantitative estimate of drug-likeness (QED) is 0.412. The van der Waals surface area contributed by atoms with Crippen LogP contribution in [0.3, 0.4) is 0 Å². The largest absolute Gasteiger partial charge is 0.456 e. The SMILES string of the molecule is Cc1ccc(C#CCc2c(-c3ccccc3)oc3ccccc23)cc1. The molecule has 0 radical (unpaired) electrons. The normalized spacial score (nSPS) is 10.4. The van der Waals surface area contributed by atoms with E-state index >= 15 is 0 Å². The summed E-state index contributed by atoms with van der Waals surface area (Å²) in [6, 6.07) is 26.7. The van der Waals surface area contributed by atoms with Crippen LogP contribution in [-0.4, -0.2) is 0 Å². The van der Waals surface area contributed by atoms with Crippen LogP contribution in [-0.2, 0) is 6.42 Å². The van der Waals surface area contributed by atoms with Gasteiger partial charge in [0.25, 0.3) is 0 Å².